The van der Waals surface area contributed by atoms with Gasteiger partial charge < -0.3 is 10.4 Å². The molecule has 0 spiro atoms. The molecule has 1 amide bonds. The SMILES string of the molecule is CCCC(Nc1ccc(C)c(C(=O)Nc2nc(C)c(C)s2)c1)C(=O)O. The van der Waals surface area contributed by atoms with Crippen LogP contribution < -0.4 is 10.6 Å². The van der Waals surface area contributed by atoms with E-state index < -0.39 is 12.0 Å². The molecule has 2 aromatic rings. The average Bonchev–Trinajstić information content (AvgIpc) is 2.86. The predicted octanol–water partition coefficient (Wildman–Crippen LogP) is 3.99. The number of carboxylic acid groups (broad SMARTS) is 1. The van der Waals surface area contributed by atoms with Crippen LogP contribution in [0, 0.1) is 20.8 Å². The fraction of sp³-hybridized carbons (Fsp3) is 0.389. The Bertz CT molecular complexity index is 766. The summed E-state index contributed by atoms with van der Waals surface area (Å²) in [6, 6.07) is 4.60. The molecule has 0 aliphatic heterocycles. The lowest BCUT2D eigenvalue weighted by atomic mass is 10.1. The number of aryl methyl sites for hydroxylation is 3. The van der Waals surface area contributed by atoms with Crippen LogP contribution in [-0.4, -0.2) is 28.0 Å². The zero-order valence-corrected chi connectivity index (χ0v) is 15.7. The van der Waals surface area contributed by atoms with E-state index in [4.69, 9.17) is 0 Å². The van der Waals surface area contributed by atoms with Gasteiger partial charge >= 0.3 is 5.97 Å². The van der Waals surface area contributed by atoms with E-state index >= 15 is 0 Å². The highest BCUT2D eigenvalue weighted by Gasteiger charge is 2.18. The molecule has 1 heterocycles. The van der Waals surface area contributed by atoms with Crippen LogP contribution >= 0.6 is 11.3 Å². The van der Waals surface area contributed by atoms with E-state index in [-0.39, 0.29) is 5.91 Å². The van der Waals surface area contributed by atoms with E-state index in [0.717, 1.165) is 22.6 Å². The average molecular weight is 361 g/mol. The lowest BCUT2D eigenvalue weighted by Gasteiger charge is -2.16. The lowest BCUT2D eigenvalue weighted by molar-refractivity contribution is -0.138. The van der Waals surface area contributed by atoms with Crippen molar-refractivity contribution in [3.8, 4) is 0 Å². The van der Waals surface area contributed by atoms with Gasteiger partial charge in [0.25, 0.3) is 5.91 Å². The number of hydrogen-bond acceptors (Lipinski definition) is 5. The van der Waals surface area contributed by atoms with Crippen molar-refractivity contribution in [3.05, 3.63) is 39.9 Å². The predicted molar refractivity (Wildman–Crippen MR) is 101 cm³/mol. The second-order valence-corrected chi connectivity index (χ2v) is 7.17. The summed E-state index contributed by atoms with van der Waals surface area (Å²) in [7, 11) is 0. The summed E-state index contributed by atoms with van der Waals surface area (Å²) >= 11 is 1.43. The van der Waals surface area contributed by atoms with Gasteiger partial charge in [-0.15, -0.1) is 11.3 Å². The number of carboxylic acids is 1. The van der Waals surface area contributed by atoms with E-state index in [2.05, 4.69) is 15.6 Å². The van der Waals surface area contributed by atoms with Crippen LogP contribution in [0.15, 0.2) is 18.2 Å². The maximum Gasteiger partial charge on any atom is 0.326 e. The molecule has 7 heteroatoms. The summed E-state index contributed by atoms with van der Waals surface area (Å²) < 4.78 is 0. The maximum atomic E-state index is 12.6. The second-order valence-electron chi connectivity index (χ2n) is 5.97. The fourth-order valence-electron chi connectivity index (χ4n) is 2.39. The Morgan fingerprint density at radius 3 is 2.56 bits per heavy atom. The molecular weight excluding hydrogens is 338 g/mol. The first-order valence-electron chi connectivity index (χ1n) is 8.17. The smallest absolute Gasteiger partial charge is 0.326 e. The van der Waals surface area contributed by atoms with E-state index in [1.54, 1.807) is 18.2 Å². The molecule has 25 heavy (non-hydrogen) atoms. The Hall–Kier alpha value is -2.41. The second kappa shape index (κ2) is 8.11. The van der Waals surface area contributed by atoms with Gasteiger partial charge in [-0.1, -0.05) is 19.4 Å². The van der Waals surface area contributed by atoms with Crippen molar-refractivity contribution in [2.24, 2.45) is 0 Å². The Kier molecular flexibility index (Phi) is 6.14. The summed E-state index contributed by atoms with van der Waals surface area (Å²) in [5.41, 5.74) is 2.82. The first-order valence-corrected chi connectivity index (χ1v) is 8.98. The number of hydrogen-bond donors (Lipinski definition) is 3. The van der Waals surface area contributed by atoms with Gasteiger partial charge in [-0.3, -0.25) is 10.1 Å². The number of nitrogens with one attached hydrogen (secondary N) is 2. The quantitative estimate of drug-likeness (QED) is 0.694. The minimum absolute atomic E-state index is 0.253. The summed E-state index contributed by atoms with van der Waals surface area (Å²) in [6.07, 6.45) is 1.27. The number of benzene rings is 1. The largest absolute Gasteiger partial charge is 0.480 e. The Morgan fingerprint density at radius 1 is 1.28 bits per heavy atom. The number of aromatic nitrogens is 1. The monoisotopic (exact) mass is 361 g/mol. The molecule has 1 atom stereocenters. The highest BCUT2D eigenvalue weighted by atomic mass is 32.1. The van der Waals surface area contributed by atoms with E-state index in [1.165, 1.54) is 11.3 Å². The highest BCUT2D eigenvalue weighted by Crippen LogP contribution is 2.23. The molecule has 1 aromatic heterocycles. The van der Waals surface area contributed by atoms with Crippen molar-refractivity contribution < 1.29 is 14.7 Å². The van der Waals surface area contributed by atoms with Crippen molar-refractivity contribution in [1.29, 1.82) is 0 Å². The molecule has 1 aromatic carbocycles. The molecule has 6 nitrogen and oxygen atoms in total. The number of aliphatic carboxylic acids is 1. The molecule has 3 N–H and O–H groups in total. The molecule has 0 saturated heterocycles. The van der Waals surface area contributed by atoms with Gasteiger partial charge in [-0.2, -0.15) is 0 Å². The number of anilines is 2. The molecule has 2 rings (SSSR count). The number of amides is 1. The minimum atomic E-state index is -0.901. The zero-order valence-electron chi connectivity index (χ0n) is 14.8. The minimum Gasteiger partial charge on any atom is -0.480 e. The van der Waals surface area contributed by atoms with Crippen LogP contribution in [0.5, 0.6) is 0 Å². The summed E-state index contributed by atoms with van der Waals surface area (Å²) in [5.74, 6) is -1.15. The van der Waals surface area contributed by atoms with E-state index in [9.17, 15) is 14.7 Å². The van der Waals surface area contributed by atoms with Crippen LogP contribution in [0.2, 0.25) is 0 Å². The Morgan fingerprint density at radius 2 is 2.00 bits per heavy atom. The summed E-state index contributed by atoms with van der Waals surface area (Å²) in [6.45, 7) is 7.64. The number of rotatable bonds is 7. The van der Waals surface area contributed by atoms with Crippen molar-refractivity contribution in [2.45, 2.75) is 46.6 Å². The number of thiazole rings is 1. The van der Waals surface area contributed by atoms with Crippen molar-refractivity contribution in [3.63, 3.8) is 0 Å². The first-order chi connectivity index (χ1) is 11.8. The van der Waals surface area contributed by atoms with E-state index in [1.807, 2.05) is 27.7 Å². The molecule has 0 saturated carbocycles. The number of nitrogens with zero attached hydrogens (tertiary/aromatic N) is 1. The van der Waals surface area contributed by atoms with Gasteiger partial charge in [0.1, 0.15) is 6.04 Å². The van der Waals surface area contributed by atoms with Crippen molar-refractivity contribution in [1.82, 2.24) is 4.98 Å². The molecule has 134 valence electrons. The Labute approximate surface area is 151 Å². The van der Waals surface area contributed by atoms with Crippen LogP contribution in [0.1, 0.15) is 46.3 Å². The highest BCUT2D eigenvalue weighted by molar-refractivity contribution is 7.15. The van der Waals surface area contributed by atoms with Crippen molar-refractivity contribution >= 4 is 34.0 Å². The van der Waals surface area contributed by atoms with Crippen molar-refractivity contribution in [2.75, 3.05) is 10.6 Å². The van der Waals surface area contributed by atoms with Crippen LogP contribution in [0.25, 0.3) is 0 Å². The molecule has 1 unspecified atom stereocenters. The third-order valence-corrected chi connectivity index (χ3v) is 4.94. The van der Waals surface area contributed by atoms with Crippen LogP contribution in [-0.2, 0) is 4.79 Å². The van der Waals surface area contributed by atoms with E-state index in [0.29, 0.717) is 22.8 Å². The molecule has 0 bridgehead atoms. The third kappa shape index (κ3) is 4.79. The van der Waals surface area contributed by atoms with Gasteiger partial charge in [-0.25, -0.2) is 9.78 Å². The maximum absolute atomic E-state index is 12.6. The van der Waals surface area contributed by atoms with Gasteiger partial charge in [0, 0.05) is 16.1 Å². The molecule has 0 fully saturated rings. The fourth-order valence-corrected chi connectivity index (χ4v) is 3.20. The summed E-state index contributed by atoms with van der Waals surface area (Å²) in [4.78, 5) is 29.2. The van der Waals surface area contributed by atoms with Gasteiger partial charge in [0.15, 0.2) is 5.13 Å². The summed E-state index contributed by atoms with van der Waals surface area (Å²) in [5, 5.41) is 15.6. The van der Waals surface area contributed by atoms with Gasteiger partial charge in [0.05, 0.1) is 5.69 Å². The topological polar surface area (TPSA) is 91.3 Å². The molecule has 0 aliphatic carbocycles. The van der Waals surface area contributed by atoms with Gasteiger partial charge in [0.2, 0.25) is 0 Å². The molecular formula is C18H23N3O3S. The first kappa shape index (κ1) is 18.9. The van der Waals surface area contributed by atoms with Crippen LogP contribution in [0.4, 0.5) is 10.8 Å². The zero-order chi connectivity index (χ0) is 18.6. The molecule has 0 radical (unpaired) electrons. The van der Waals surface area contributed by atoms with Gasteiger partial charge in [-0.05, 0) is 44.9 Å². The number of carbonyl (C=O) groups is 2. The normalized spacial score (nSPS) is 11.8. The number of carbonyl (C=O) groups excluding carboxylic acids is 1. The third-order valence-electron chi connectivity index (χ3n) is 3.95. The Balaban J connectivity index is 2.19. The van der Waals surface area contributed by atoms with Crippen LogP contribution in [0.3, 0.4) is 0 Å². The lowest BCUT2D eigenvalue weighted by Crippen LogP contribution is -2.29. The molecule has 0 aliphatic rings. The standard InChI is InChI=1S/C18H23N3O3S/c1-5-6-15(17(23)24)20-13-8-7-10(2)14(9-13)16(22)21-18-19-11(3)12(4)25-18/h7-9,15,20H,5-6H2,1-4H3,(H,23,24)(H,19,21,22).